The summed E-state index contributed by atoms with van der Waals surface area (Å²) in [7, 11) is 3.53. The second-order valence-corrected chi connectivity index (χ2v) is 12.8. The van der Waals surface area contributed by atoms with Crippen molar-refractivity contribution in [1.29, 1.82) is 0 Å². The molecule has 9 heteroatoms. The van der Waals surface area contributed by atoms with Crippen LogP contribution in [0, 0.1) is 0 Å². The minimum Gasteiger partial charge on any atom is -0.496 e. The van der Waals surface area contributed by atoms with Crippen molar-refractivity contribution < 1.29 is 23.7 Å². The van der Waals surface area contributed by atoms with Gasteiger partial charge in [0.05, 0.1) is 13.7 Å². The highest BCUT2D eigenvalue weighted by atomic mass is 32.1. The number of ether oxygens (including phenoxy) is 4. The maximum atomic E-state index is 13.3. The van der Waals surface area contributed by atoms with Crippen molar-refractivity contribution in [2.45, 2.75) is 46.0 Å². The van der Waals surface area contributed by atoms with Crippen LogP contribution >= 0.6 is 11.3 Å². The molecule has 1 aliphatic rings. The standard InChI is InChI=1S/C39H41N3O5S/c1-4-32-14-10-28(20-36(32)44-3)18-19-41(2)39(43)34-26-48-38(40-34)24-42(23-31-13-17-35-37(21-31)47-27-46-35)22-29-11-15-33(16-12-29)45-25-30-8-6-5-7-9-30/h5-17,20-21,26H,4,18-19,22-25,27H2,1-3H3. The Kier molecular flexibility index (Phi) is 10.9. The summed E-state index contributed by atoms with van der Waals surface area (Å²) in [6.07, 6.45) is 1.65. The highest BCUT2D eigenvalue weighted by Gasteiger charge is 2.19. The van der Waals surface area contributed by atoms with Crippen molar-refractivity contribution in [1.82, 2.24) is 14.8 Å². The molecule has 1 aromatic heterocycles. The van der Waals surface area contributed by atoms with E-state index >= 15 is 0 Å². The van der Waals surface area contributed by atoms with Gasteiger partial charge in [0.1, 0.15) is 28.8 Å². The van der Waals surface area contributed by atoms with Gasteiger partial charge in [0, 0.05) is 32.1 Å². The first kappa shape index (κ1) is 33.1. The van der Waals surface area contributed by atoms with Crippen LogP contribution in [-0.2, 0) is 39.1 Å². The van der Waals surface area contributed by atoms with Gasteiger partial charge in [-0.15, -0.1) is 11.3 Å². The van der Waals surface area contributed by atoms with Gasteiger partial charge in [-0.3, -0.25) is 9.69 Å². The molecule has 0 aliphatic carbocycles. The number of fused-ring (bicyclic) bond motifs is 1. The summed E-state index contributed by atoms with van der Waals surface area (Å²) in [6, 6.07) is 30.7. The number of rotatable bonds is 15. The van der Waals surface area contributed by atoms with Crippen molar-refractivity contribution in [2.75, 3.05) is 27.5 Å². The highest BCUT2D eigenvalue weighted by Crippen LogP contribution is 2.33. The molecule has 0 unspecified atom stereocenters. The zero-order valence-electron chi connectivity index (χ0n) is 27.7. The molecule has 48 heavy (non-hydrogen) atoms. The fourth-order valence-corrected chi connectivity index (χ4v) is 6.47. The van der Waals surface area contributed by atoms with E-state index in [4.69, 9.17) is 23.9 Å². The first-order chi connectivity index (χ1) is 23.5. The summed E-state index contributed by atoms with van der Waals surface area (Å²) in [5.74, 6) is 3.17. The number of methoxy groups -OCH3 is 1. The number of aromatic nitrogens is 1. The molecule has 0 saturated carbocycles. The number of nitrogens with zero attached hydrogens (tertiary/aromatic N) is 3. The van der Waals surface area contributed by atoms with E-state index in [-0.39, 0.29) is 12.7 Å². The molecule has 0 fully saturated rings. The Bertz CT molecular complexity index is 1810. The van der Waals surface area contributed by atoms with Crippen LogP contribution in [0.2, 0.25) is 0 Å². The quantitative estimate of drug-likeness (QED) is 0.115. The molecule has 0 N–H and O–H groups in total. The summed E-state index contributed by atoms with van der Waals surface area (Å²) >= 11 is 1.51. The minimum atomic E-state index is -0.0805. The van der Waals surface area contributed by atoms with E-state index < -0.39 is 0 Å². The fourth-order valence-electron chi connectivity index (χ4n) is 5.66. The SMILES string of the molecule is CCc1ccc(CCN(C)C(=O)c2csc(CN(Cc3ccc(OCc4ccccc4)cc3)Cc3ccc4c(c3)OCO4)n2)cc1OC. The van der Waals surface area contributed by atoms with Crippen LogP contribution in [0.4, 0.5) is 0 Å². The number of amides is 1. The Morgan fingerprint density at radius 1 is 0.854 bits per heavy atom. The summed E-state index contributed by atoms with van der Waals surface area (Å²) in [4.78, 5) is 22.2. The first-order valence-corrected chi connectivity index (χ1v) is 17.1. The minimum absolute atomic E-state index is 0.0805. The van der Waals surface area contributed by atoms with Crippen molar-refractivity contribution in [2.24, 2.45) is 0 Å². The molecule has 0 radical (unpaired) electrons. The third kappa shape index (κ3) is 8.53. The maximum Gasteiger partial charge on any atom is 0.273 e. The van der Waals surface area contributed by atoms with E-state index in [1.54, 1.807) is 12.0 Å². The van der Waals surface area contributed by atoms with Gasteiger partial charge >= 0.3 is 0 Å². The van der Waals surface area contributed by atoms with Crippen LogP contribution in [0.15, 0.2) is 96.4 Å². The number of carbonyl (C=O) groups is 1. The molecule has 0 atom stereocenters. The molecular formula is C39H41N3O5S. The Morgan fingerprint density at radius 3 is 2.40 bits per heavy atom. The lowest BCUT2D eigenvalue weighted by molar-refractivity contribution is 0.0791. The van der Waals surface area contributed by atoms with Crippen LogP contribution < -0.4 is 18.9 Å². The predicted octanol–water partition coefficient (Wildman–Crippen LogP) is 7.54. The molecular weight excluding hydrogens is 623 g/mol. The molecule has 2 heterocycles. The van der Waals surface area contributed by atoms with E-state index in [1.165, 1.54) is 16.9 Å². The Labute approximate surface area is 286 Å². The van der Waals surface area contributed by atoms with Crippen molar-refractivity contribution in [3.8, 4) is 23.0 Å². The fraction of sp³-hybridized carbons (Fsp3) is 0.282. The maximum absolute atomic E-state index is 13.3. The second kappa shape index (κ2) is 15.8. The molecule has 5 aromatic rings. The zero-order chi connectivity index (χ0) is 33.3. The largest absolute Gasteiger partial charge is 0.496 e. The van der Waals surface area contributed by atoms with E-state index in [2.05, 4.69) is 60.4 Å². The topological polar surface area (TPSA) is 73.4 Å². The van der Waals surface area contributed by atoms with E-state index in [0.29, 0.717) is 38.5 Å². The van der Waals surface area contributed by atoms with Gasteiger partial charge in [0.15, 0.2) is 11.5 Å². The van der Waals surface area contributed by atoms with Crippen LogP contribution in [0.3, 0.4) is 0 Å². The van der Waals surface area contributed by atoms with Crippen LogP contribution in [0.1, 0.15) is 50.2 Å². The smallest absolute Gasteiger partial charge is 0.273 e. The predicted molar refractivity (Wildman–Crippen MR) is 188 cm³/mol. The summed E-state index contributed by atoms with van der Waals surface area (Å²) < 4.78 is 22.7. The molecule has 0 bridgehead atoms. The summed E-state index contributed by atoms with van der Waals surface area (Å²) in [5, 5.41) is 2.75. The number of carbonyl (C=O) groups excluding carboxylic acids is 1. The molecule has 248 valence electrons. The second-order valence-electron chi connectivity index (χ2n) is 11.9. The van der Waals surface area contributed by atoms with Gasteiger partial charge in [0.25, 0.3) is 5.91 Å². The van der Waals surface area contributed by atoms with E-state index in [0.717, 1.165) is 63.1 Å². The summed E-state index contributed by atoms with van der Waals surface area (Å²) in [5.41, 5.74) is 6.18. The van der Waals surface area contributed by atoms with Gasteiger partial charge in [-0.1, -0.05) is 67.6 Å². The number of likely N-dealkylation sites (N-methyl/N-ethyl adjacent to an activating group) is 1. The van der Waals surface area contributed by atoms with Gasteiger partial charge in [-0.25, -0.2) is 4.98 Å². The number of aryl methyl sites for hydroxylation is 1. The van der Waals surface area contributed by atoms with Crippen molar-refractivity contribution in [3.05, 3.63) is 135 Å². The molecule has 4 aromatic carbocycles. The number of thiazole rings is 1. The molecule has 0 saturated heterocycles. The van der Waals surface area contributed by atoms with Crippen molar-refractivity contribution >= 4 is 17.2 Å². The van der Waals surface area contributed by atoms with E-state index in [1.807, 2.05) is 54.9 Å². The third-order valence-electron chi connectivity index (χ3n) is 8.37. The molecule has 1 aliphatic heterocycles. The van der Waals surface area contributed by atoms with E-state index in [9.17, 15) is 4.79 Å². The zero-order valence-corrected chi connectivity index (χ0v) is 28.5. The lowest BCUT2D eigenvalue weighted by Gasteiger charge is -2.22. The van der Waals surface area contributed by atoms with Crippen LogP contribution in [0.25, 0.3) is 0 Å². The van der Waals surface area contributed by atoms with Gasteiger partial charge < -0.3 is 23.8 Å². The third-order valence-corrected chi connectivity index (χ3v) is 9.20. The molecule has 1 amide bonds. The lowest BCUT2D eigenvalue weighted by atomic mass is 10.1. The first-order valence-electron chi connectivity index (χ1n) is 16.2. The monoisotopic (exact) mass is 663 g/mol. The van der Waals surface area contributed by atoms with Gasteiger partial charge in [0.2, 0.25) is 6.79 Å². The summed E-state index contributed by atoms with van der Waals surface area (Å²) in [6.45, 7) is 5.42. The Morgan fingerprint density at radius 2 is 1.60 bits per heavy atom. The molecule has 0 spiro atoms. The number of benzene rings is 4. The average molecular weight is 664 g/mol. The number of hydrogen-bond donors (Lipinski definition) is 0. The normalized spacial score (nSPS) is 11.9. The van der Waals surface area contributed by atoms with Gasteiger partial charge in [-0.05, 0) is 71.0 Å². The van der Waals surface area contributed by atoms with Crippen LogP contribution in [-0.4, -0.2) is 48.2 Å². The molecule has 6 rings (SSSR count). The van der Waals surface area contributed by atoms with Crippen LogP contribution in [0.5, 0.6) is 23.0 Å². The Balaban J connectivity index is 1.10. The van der Waals surface area contributed by atoms with Crippen molar-refractivity contribution in [3.63, 3.8) is 0 Å². The molecule has 8 nitrogen and oxygen atoms in total. The van der Waals surface area contributed by atoms with Gasteiger partial charge in [-0.2, -0.15) is 0 Å². The Hall–Kier alpha value is -4.86. The number of hydrogen-bond acceptors (Lipinski definition) is 8. The average Bonchev–Trinajstić information content (AvgIpc) is 3.80. The highest BCUT2D eigenvalue weighted by molar-refractivity contribution is 7.09. The lowest BCUT2D eigenvalue weighted by Crippen LogP contribution is -2.29.